The monoisotopic (exact) mass is 343 g/mol. The second-order valence-electron chi connectivity index (χ2n) is 6.40. The Balaban J connectivity index is 1.64. The third kappa shape index (κ3) is 4.30. The van der Waals surface area contributed by atoms with Crippen LogP contribution in [0.5, 0.6) is 0 Å². The second-order valence-corrected chi connectivity index (χ2v) is 6.40. The normalized spacial score (nSPS) is 18.8. The van der Waals surface area contributed by atoms with Crippen LogP contribution >= 0.6 is 0 Å². The molecule has 6 nitrogen and oxygen atoms in total. The largest absolute Gasteiger partial charge is 0.368 e. The SMILES string of the molecule is Nc1nccc([C@H]2CCCN(C(=O)[C@H](N)Cc3ccc(F)cc3)C2)n1. The molecule has 4 N–H and O–H groups in total. The predicted molar refractivity (Wildman–Crippen MR) is 93.1 cm³/mol. The number of piperidine rings is 1. The lowest BCUT2D eigenvalue weighted by Gasteiger charge is -2.34. The highest BCUT2D eigenvalue weighted by Crippen LogP contribution is 2.26. The number of hydrogen-bond acceptors (Lipinski definition) is 5. The van der Waals surface area contributed by atoms with Crippen molar-refractivity contribution in [1.82, 2.24) is 14.9 Å². The van der Waals surface area contributed by atoms with Crippen LogP contribution in [0.15, 0.2) is 36.5 Å². The first-order chi connectivity index (χ1) is 12.0. The van der Waals surface area contributed by atoms with Gasteiger partial charge in [-0.2, -0.15) is 0 Å². The highest BCUT2D eigenvalue weighted by atomic mass is 19.1. The number of nitrogen functional groups attached to an aromatic ring is 1. The number of likely N-dealkylation sites (tertiary alicyclic amines) is 1. The van der Waals surface area contributed by atoms with Crippen molar-refractivity contribution in [2.45, 2.75) is 31.2 Å². The van der Waals surface area contributed by atoms with E-state index in [1.807, 2.05) is 6.07 Å². The first-order valence-corrected chi connectivity index (χ1v) is 8.40. The molecule has 1 aliphatic rings. The van der Waals surface area contributed by atoms with Gasteiger partial charge in [0.1, 0.15) is 5.82 Å². The van der Waals surface area contributed by atoms with Crippen LogP contribution in [0.3, 0.4) is 0 Å². The molecular formula is C18H22FN5O. The Morgan fingerprint density at radius 2 is 2.08 bits per heavy atom. The molecule has 132 valence electrons. The Kier molecular flexibility index (Phi) is 5.23. The number of benzene rings is 1. The van der Waals surface area contributed by atoms with E-state index in [0.29, 0.717) is 19.5 Å². The number of carbonyl (C=O) groups is 1. The van der Waals surface area contributed by atoms with Gasteiger partial charge < -0.3 is 16.4 Å². The van der Waals surface area contributed by atoms with Gasteiger partial charge in [0.05, 0.1) is 11.7 Å². The molecule has 0 bridgehead atoms. The smallest absolute Gasteiger partial charge is 0.239 e. The van der Waals surface area contributed by atoms with Crippen molar-refractivity contribution in [3.8, 4) is 0 Å². The van der Waals surface area contributed by atoms with Gasteiger partial charge in [-0.3, -0.25) is 4.79 Å². The number of nitrogens with two attached hydrogens (primary N) is 2. The molecule has 25 heavy (non-hydrogen) atoms. The first-order valence-electron chi connectivity index (χ1n) is 8.40. The minimum absolute atomic E-state index is 0.0870. The standard InChI is InChI=1S/C18H22FN5O/c19-14-5-3-12(4-6-14)10-15(20)17(25)24-9-1-2-13(11-24)16-7-8-22-18(21)23-16/h3-8,13,15H,1-2,9-11,20H2,(H2,21,22,23)/t13-,15+/m0/s1. The van der Waals surface area contributed by atoms with Gasteiger partial charge in [-0.1, -0.05) is 12.1 Å². The van der Waals surface area contributed by atoms with Crippen LogP contribution in [0.25, 0.3) is 0 Å². The molecule has 0 aliphatic carbocycles. The van der Waals surface area contributed by atoms with Gasteiger partial charge in [-0.05, 0) is 43.0 Å². The van der Waals surface area contributed by atoms with E-state index in [0.717, 1.165) is 24.1 Å². The van der Waals surface area contributed by atoms with E-state index in [2.05, 4.69) is 9.97 Å². The fourth-order valence-corrected chi connectivity index (χ4v) is 3.23. The Morgan fingerprint density at radius 3 is 2.80 bits per heavy atom. The predicted octanol–water partition coefficient (Wildman–Crippen LogP) is 1.47. The summed E-state index contributed by atoms with van der Waals surface area (Å²) in [7, 11) is 0. The zero-order valence-corrected chi connectivity index (χ0v) is 13.9. The number of anilines is 1. The number of amides is 1. The van der Waals surface area contributed by atoms with Crippen molar-refractivity contribution in [3.05, 3.63) is 53.6 Å². The van der Waals surface area contributed by atoms with E-state index in [1.54, 1.807) is 23.2 Å². The van der Waals surface area contributed by atoms with Gasteiger partial charge in [-0.25, -0.2) is 14.4 Å². The van der Waals surface area contributed by atoms with Crippen molar-refractivity contribution in [1.29, 1.82) is 0 Å². The molecule has 1 aliphatic heterocycles. The van der Waals surface area contributed by atoms with Crippen LogP contribution in [0.2, 0.25) is 0 Å². The van der Waals surface area contributed by atoms with E-state index >= 15 is 0 Å². The lowest BCUT2D eigenvalue weighted by molar-refractivity contribution is -0.133. The molecular weight excluding hydrogens is 321 g/mol. The van der Waals surface area contributed by atoms with Gasteiger partial charge in [0, 0.05) is 25.2 Å². The quantitative estimate of drug-likeness (QED) is 0.876. The summed E-state index contributed by atoms with van der Waals surface area (Å²) in [5.41, 5.74) is 13.5. The van der Waals surface area contributed by atoms with E-state index in [4.69, 9.17) is 11.5 Å². The van der Waals surface area contributed by atoms with Gasteiger partial charge in [0.2, 0.25) is 11.9 Å². The van der Waals surface area contributed by atoms with Crippen LogP contribution in [0, 0.1) is 5.82 Å². The molecule has 1 aromatic carbocycles. The minimum Gasteiger partial charge on any atom is -0.368 e. The fraction of sp³-hybridized carbons (Fsp3) is 0.389. The van der Waals surface area contributed by atoms with Crippen LogP contribution < -0.4 is 11.5 Å². The lowest BCUT2D eigenvalue weighted by Crippen LogP contribution is -2.48. The zero-order valence-electron chi connectivity index (χ0n) is 13.9. The number of aromatic nitrogens is 2. The van der Waals surface area contributed by atoms with Crippen LogP contribution in [-0.2, 0) is 11.2 Å². The van der Waals surface area contributed by atoms with Gasteiger partial charge in [-0.15, -0.1) is 0 Å². The first kappa shape index (κ1) is 17.3. The molecule has 1 saturated heterocycles. The molecule has 1 amide bonds. The number of rotatable bonds is 4. The second kappa shape index (κ2) is 7.57. The summed E-state index contributed by atoms with van der Waals surface area (Å²) in [4.78, 5) is 22.7. The number of nitrogens with zero attached hydrogens (tertiary/aromatic N) is 3. The average molecular weight is 343 g/mol. The lowest BCUT2D eigenvalue weighted by atomic mass is 9.93. The summed E-state index contributed by atoms with van der Waals surface area (Å²) < 4.78 is 13.0. The average Bonchev–Trinajstić information content (AvgIpc) is 2.63. The van der Waals surface area contributed by atoms with Crippen molar-refractivity contribution >= 4 is 11.9 Å². The summed E-state index contributed by atoms with van der Waals surface area (Å²) >= 11 is 0. The Hall–Kier alpha value is -2.54. The summed E-state index contributed by atoms with van der Waals surface area (Å²) in [6, 6.07) is 7.27. The molecule has 0 spiro atoms. The highest BCUT2D eigenvalue weighted by molar-refractivity contribution is 5.82. The molecule has 0 unspecified atom stereocenters. The van der Waals surface area contributed by atoms with Crippen LogP contribution in [-0.4, -0.2) is 39.9 Å². The van der Waals surface area contributed by atoms with E-state index in [-0.39, 0.29) is 23.6 Å². The number of halogens is 1. The molecule has 2 aromatic rings. The molecule has 3 rings (SSSR count). The van der Waals surface area contributed by atoms with Crippen molar-refractivity contribution in [3.63, 3.8) is 0 Å². The van der Waals surface area contributed by atoms with Crippen LogP contribution in [0.1, 0.15) is 30.0 Å². The van der Waals surface area contributed by atoms with Crippen molar-refractivity contribution in [2.75, 3.05) is 18.8 Å². The summed E-state index contributed by atoms with van der Waals surface area (Å²) in [6.07, 6.45) is 3.87. The maximum Gasteiger partial charge on any atom is 0.239 e. The van der Waals surface area contributed by atoms with E-state index < -0.39 is 6.04 Å². The van der Waals surface area contributed by atoms with E-state index in [9.17, 15) is 9.18 Å². The number of hydrogen-bond donors (Lipinski definition) is 2. The molecule has 2 atom stereocenters. The van der Waals surface area contributed by atoms with E-state index in [1.165, 1.54) is 12.1 Å². The molecule has 0 radical (unpaired) electrons. The summed E-state index contributed by atoms with van der Waals surface area (Å²) in [5.74, 6) is -0.00215. The minimum atomic E-state index is -0.639. The Bertz CT molecular complexity index is 737. The third-order valence-corrected chi connectivity index (χ3v) is 4.53. The molecule has 7 heteroatoms. The highest BCUT2D eigenvalue weighted by Gasteiger charge is 2.28. The van der Waals surface area contributed by atoms with Gasteiger partial charge >= 0.3 is 0 Å². The molecule has 1 fully saturated rings. The fourth-order valence-electron chi connectivity index (χ4n) is 3.23. The topological polar surface area (TPSA) is 98.1 Å². The van der Waals surface area contributed by atoms with Crippen molar-refractivity contribution in [2.24, 2.45) is 5.73 Å². The number of carbonyl (C=O) groups excluding carboxylic acids is 1. The maximum absolute atomic E-state index is 13.0. The Morgan fingerprint density at radius 1 is 1.32 bits per heavy atom. The third-order valence-electron chi connectivity index (χ3n) is 4.53. The summed E-state index contributed by atoms with van der Waals surface area (Å²) in [6.45, 7) is 1.26. The summed E-state index contributed by atoms with van der Waals surface area (Å²) in [5, 5.41) is 0. The Labute approximate surface area is 146 Å². The molecule has 0 saturated carbocycles. The van der Waals surface area contributed by atoms with Gasteiger partial charge in [0.25, 0.3) is 0 Å². The van der Waals surface area contributed by atoms with Crippen molar-refractivity contribution < 1.29 is 9.18 Å². The maximum atomic E-state index is 13.0. The van der Waals surface area contributed by atoms with Gasteiger partial charge in [0.15, 0.2) is 0 Å². The zero-order chi connectivity index (χ0) is 17.8. The molecule has 1 aromatic heterocycles. The molecule has 2 heterocycles. The van der Waals surface area contributed by atoms with Crippen LogP contribution in [0.4, 0.5) is 10.3 Å².